The van der Waals surface area contributed by atoms with E-state index in [-0.39, 0.29) is 5.91 Å². The lowest BCUT2D eigenvalue weighted by Crippen LogP contribution is -2.26. The van der Waals surface area contributed by atoms with Gasteiger partial charge >= 0.3 is 0 Å². The van der Waals surface area contributed by atoms with Gasteiger partial charge in [-0.25, -0.2) is 4.98 Å². The van der Waals surface area contributed by atoms with Crippen LogP contribution in [0.1, 0.15) is 29.9 Å². The third kappa shape index (κ3) is 5.17. The van der Waals surface area contributed by atoms with Gasteiger partial charge in [0.2, 0.25) is 0 Å². The van der Waals surface area contributed by atoms with Crippen LogP contribution >= 0.6 is 11.3 Å². The summed E-state index contributed by atoms with van der Waals surface area (Å²) >= 11 is 1.47. The van der Waals surface area contributed by atoms with Crippen molar-refractivity contribution < 1.29 is 9.53 Å². The molecule has 0 radical (unpaired) electrons. The Morgan fingerprint density at radius 1 is 1.15 bits per heavy atom. The summed E-state index contributed by atoms with van der Waals surface area (Å²) in [5.41, 5.74) is 2.53. The van der Waals surface area contributed by atoms with E-state index in [1.54, 1.807) is 11.9 Å². The van der Waals surface area contributed by atoms with Gasteiger partial charge in [0.25, 0.3) is 5.91 Å². The molecule has 0 aliphatic rings. The van der Waals surface area contributed by atoms with Gasteiger partial charge in [-0.05, 0) is 23.6 Å². The Hall–Kier alpha value is -2.66. The number of carbonyl (C=O) groups excluding carboxylic acids is 1. The molecule has 0 saturated carbocycles. The minimum absolute atomic E-state index is 0.0754. The second-order valence-corrected chi connectivity index (χ2v) is 7.78. The third-order valence-corrected chi connectivity index (χ3v) is 4.89. The van der Waals surface area contributed by atoms with E-state index in [1.807, 2.05) is 60.0 Å². The highest BCUT2D eigenvalue weighted by Gasteiger charge is 2.16. The van der Waals surface area contributed by atoms with Gasteiger partial charge in [0.15, 0.2) is 0 Å². The molecule has 4 nitrogen and oxygen atoms in total. The molecule has 3 rings (SSSR count). The fraction of sp³-hybridized carbons (Fsp3) is 0.273. The second-order valence-electron chi connectivity index (χ2n) is 6.92. The number of hydrogen-bond donors (Lipinski definition) is 0. The van der Waals surface area contributed by atoms with Crippen molar-refractivity contribution in [2.45, 2.75) is 20.4 Å². The number of benzene rings is 2. The number of carbonyl (C=O) groups is 1. The van der Waals surface area contributed by atoms with E-state index in [9.17, 15) is 4.79 Å². The number of rotatable bonds is 7. The number of hydrogen-bond acceptors (Lipinski definition) is 4. The molecular weight excluding hydrogens is 356 g/mol. The fourth-order valence-corrected chi connectivity index (χ4v) is 3.40. The molecule has 0 N–H and O–H groups in total. The van der Waals surface area contributed by atoms with Crippen LogP contribution in [0.4, 0.5) is 0 Å². The Kier molecular flexibility index (Phi) is 6.24. The maximum absolute atomic E-state index is 12.7. The second kappa shape index (κ2) is 8.82. The van der Waals surface area contributed by atoms with Crippen LogP contribution in [0.25, 0.3) is 10.6 Å². The van der Waals surface area contributed by atoms with Crippen molar-refractivity contribution in [2.24, 2.45) is 5.92 Å². The molecule has 0 saturated heterocycles. The molecule has 0 aliphatic heterocycles. The van der Waals surface area contributed by atoms with E-state index < -0.39 is 0 Å². The average molecular weight is 381 g/mol. The zero-order valence-corrected chi connectivity index (χ0v) is 16.7. The summed E-state index contributed by atoms with van der Waals surface area (Å²) in [7, 11) is 1.80. The summed E-state index contributed by atoms with van der Waals surface area (Å²) < 4.78 is 5.79. The lowest BCUT2D eigenvalue weighted by molar-refractivity contribution is 0.0780. The lowest BCUT2D eigenvalue weighted by atomic mass is 10.2. The molecule has 140 valence electrons. The van der Waals surface area contributed by atoms with Crippen LogP contribution in [0.2, 0.25) is 0 Å². The van der Waals surface area contributed by atoms with Crippen molar-refractivity contribution in [1.29, 1.82) is 0 Å². The molecule has 3 aromatic rings. The van der Waals surface area contributed by atoms with Gasteiger partial charge in [0.1, 0.15) is 16.5 Å². The van der Waals surface area contributed by atoms with Crippen molar-refractivity contribution in [2.75, 3.05) is 13.7 Å². The number of nitrogens with zero attached hydrogens (tertiary/aromatic N) is 2. The highest BCUT2D eigenvalue weighted by molar-refractivity contribution is 7.13. The Bertz CT molecular complexity index is 890. The van der Waals surface area contributed by atoms with E-state index in [4.69, 9.17) is 4.74 Å². The van der Waals surface area contributed by atoms with Crippen molar-refractivity contribution >= 4 is 17.2 Å². The van der Waals surface area contributed by atoms with Gasteiger partial charge in [0, 0.05) is 24.5 Å². The standard InChI is InChI=1S/C22H24N2O2S/c1-16(2)14-26-19-11-7-10-18(12-19)21-23-20(15-27-21)22(25)24(3)13-17-8-5-4-6-9-17/h4-12,15-16H,13-14H2,1-3H3. The molecule has 1 heterocycles. The molecule has 0 spiro atoms. The Morgan fingerprint density at radius 2 is 1.93 bits per heavy atom. The number of thiazole rings is 1. The van der Waals surface area contributed by atoms with Gasteiger partial charge < -0.3 is 9.64 Å². The molecule has 0 unspecified atom stereocenters. The monoisotopic (exact) mass is 380 g/mol. The lowest BCUT2D eigenvalue weighted by Gasteiger charge is -2.15. The van der Waals surface area contributed by atoms with Crippen LogP contribution < -0.4 is 4.74 Å². The fourth-order valence-electron chi connectivity index (χ4n) is 2.61. The van der Waals surface area contributed by atoms with Gasteiger partial charge in [-0.2, -0.15) is 0 Å². The first-order valence-electron chi connectivity index (χ1n) is 9.01. The van der Waals surface area contributed by atoms with Crippen molar-refractivity contribution in [1.82, 2.24) is 9.88 Å². The Labute approximate surface area is 164 Å². The van der Waals surface area contributed by atoms with Crippen LogP contribution in [0.5, 0.6) is 5.75 Å². The van der Waals surface area contributed by atoms with Gasteiger partial charge in [-0.3, -0.25) is 4.79 Å². The van der Waals surface area contributed by atoms with Gasteiger partial charge in [-0.1, -0.05) is 56.3 Å². The highest BCUT2D eigenvalue weighted by atomic mass is 32.1. The predicted octanol–water partition coefficient (Wildman–Crippen LogP) is 5.12. The maximum Gasteiger partial charge on any atom is 0.273 e. The maximum atomic E-state index is 12.7. The first kappa shape index (κ1) is 19.1. The number of aromatic nitrogens is 1. The quantitative estimate of drug-likeness (QED) is 0.571. The van der Waals surface area contributed by atoms with Gasteiger partial charge in [0.05, 0.1) is 6.61 Å². The van der Waals surface area contributed by atoms with Crippen LogP contribution in [0.15, 0.2) is 60.0 Å². The summed E-state index contributed by atoms with van der Waals surface area (Å²) in [5.74, 6) is 1.22. The molecule has 2 aromatic carbocycles. The Balaban J connectivity index is 1.70. The van der Waals surface area contributed by atoms with Crippen molar-refractivity contribution in [3.8, 4) is 16.3 Å². The SMILES string of the molecule is CC(C)COc1cccc(-c2nc(C(=O)N(C)Cc3ccccc3)cs2)c1. The molecule has 0 fully saturated rings. The smallest absolute Gasteiger partial charge is 0.273 e. The molecule has 5 heteroatoms. The molecule has 0 bridgehead atoms. The topological polar surface area (TPSA) is 42.4 Å². The predicted molar refractivity (Wildman–Crippen MR) is 110 cm³/mol. The van der Waals surface area contributed by atoms with E-state index >= 15 is 0 Å². The molecule has 1 amide bonds. The minimum Gasteiger partial charge on any atom is -0.493 e. The summed E-state index contributed by atoms with van der Waals surface area (Å²) in [6.45, 7) is 5.48. The highest BCUT2D eigenvalue weighted by Crippen LogP contribution is 2.27. The molecule has 0 aliphatic carbocycles. The Morgan fingerprint density at radius 3 is 2.67 bits per heavy atom. The van der Waals surface area contributed by atoms with E-state index in [1.165, 1.54) is 11.3 Å². The van der Waals surface area contributed by atoms with Gasteiger partial charge in [-0.15, -0.1) is 11.3 Å². The third-order valence-electron chi connectivity index (χ3n) is 4.00. The van der Waals surface area contributed by atoms with E-state index in [0.717, 1.165) is 21.9 Å². The van der Waals surface area contributed by atoms with Crippen LogP contribution in [0, 0.1) is 5.92 Å². The van der Waals surface area contributed by atoms with Crippen LogP contribution in [-0.4, -0.2) is 29.4 Å². The van der Waals surface area contributed by atoms with E-state index in [2.05, 4.69) is 18.8 Å². The first-order chi connectivity index (χ1) is 13.0. The summed E-state index contributed by atoms with van der Waals surface area (Å²) in [4.78, 5) is 18.9. The van der Waals surface area contributed by atoms with Crippen LogP contribution in [-0.2, 0) is 6.54 Å². The average Bonchev–Trinajstić information content (AvgIpc) is 3.17. The van der Waals surface area contributed by atoms with Crippen molar-refractivity contribution in [3.05, 3.63) is 71.2 Å². The molecule has 27 heavy (non-hydrogen) atoms. The molecule has 1 aromatic heterocycles. The van der Waals surface area contributed by atoms with E-state index in [0.29, 0.717) is 24.8 Å². The molecular formula is C22H24N2O2S. The normalized spacial score (nSPS) is 10.8. The molecule has 0 atom stereocenters. The summed E-state index contributed by atoms with van der Waals surface area (Å²) in [6, 6.07) is 17.8. The first-order valence-corrected chi connectivity index (χ1v) is 9.89. The van der Waals surface area contributed by atoms with Crippen molar-refractivity contribution in [3.63, 3.8) is 0 Å². The summed E-state index contributed by atoms with van der Waals surface area (Å²) in [5, 5.41) is 2.64. The number of amides is 1. The largest absolute Gasteiger partial charge is 0.493 e. The zero-order chi connectivity index (χ0) is 19.2. The summed E-state index contributed by atoms with van der Waals surface area (Å²) in [6.07, 6.45) is 0. The minimum atomic E-state index is -0.0754. The number of ether oxygens (including phenoxy) is 1. The zero-order valence-electron chi connectivity index (χ0n) is 15.9. The van der Waals surface area contributed by atoms with Crippen LogP contribution in [0.3, 0.4) is 0 Å².